The average molecular weight is 173 g/mol. The van der Waals surface area contributed by atoms with Crippen LogP contribution in [0.5, 0.6) is 0 Å². The van der Waals surface area contributed by atoms with Crippen molar-refractivity contribution in [2.24, 2.45) is 0 Å². The fourth-order valence-corrected chi connectivity index (χ4v) is 1.17. The molecule has 2 heterocycles. The number of H-pyrrole nitrogens is 1. The number of nitrogens with one attached hydrogen (secondary N) is 1. The van der Waals surface area contributed by atoms with E-state index >= 15 is 0 Å². The van der Waals surface area contributed by atoms with Gasteiger partial charge in [-0.05, 0) is 13.0 Å². The molecule has 0 bridgehead atoms. The molecule has 5 heteroatoms. The zero-order valence-electron chi connectivity index (χ0n) is 7.00. The topological polar surface area (TPSA) is 91.4 Å². The van der Waals surface area contributed by atoms with E-state index in [0.717, 1.165) is 11.1 Å². The average Bonchev–Trinajstić information content (AvgIpc) is 2.46. The van der Waals surface area contributed by atoms with E-state index < -0.39 is 0 Å². The summed E-state index contributed by atoms with van der Waals surface area (Å²) in [5.41, 5.74) is 7.34. The normalized spacial score (nSPS) is 10.2. The van der Waals surface area contributed by atoms with Crippen LogP contribution in [0.1, 0.15) is 11.3 Å². The third-order valence-corrected chi connectivity index (χ3v) is 1.89. The summed E-state index contributed by atoms with van der Waals surface area (Å²) < 4.78 is 0. The quantitative estimate of drug-likeness (QED) is 0.614. The highest BCUT2D eigenvalue weighted by molar-refractivity contribution is 5.81. The molecule has 0 amide bonds. The van der Waals surface area contributed by atoms with E-state index in [1.165, 1.54) is 0 Å². The van der Waals surface area contributed by atoms with Gasteiger partial charge in [0, 0.05) is 11.1 Å². The number of aromatic nitrogens is 3. The summed E-state index contributed by atoms with van der Waals surface area (Å²) >= 11 is 0. The molecule has 0 aliphatic rings. The van der Waals surface area contributed by atoms with Crippen LogP contribution >= 0.6 is 0 Å². The van der Waals surface area contributed by atoms with Gasteiger partial charge < -0.3 is 5.73 Å². The lowest BCUT2D eigenvalue weighted by molar-refractivity contribution is 1.06. The molecule has 5 nitrogen and oxygen atoms in total. The Balaban J connectivity index is 2.86. The molecule has 0 saturated heterocycles. The number of nitrogens with two attached hydrogens (primary N) is 1. The highest BCUT2D eigenvalue weighted by Gasteiger charge is 2.07. The standard InChI is InChI=1S/C8H7N5/c1-4-6-2-5(3-9)7(10)11-8(6)13-12-4/h2H,1H3,(H3,10,11,12,13). The lowest BCUT2D eigenvalue weighted by atomic mass is 10.2. The molecule has 13 heavy (non-hydrogen) atoms. The van der Waals surface area contributed by atoms with Crippen molar-refractivity contribution in [1.82, 2.24) is 15.2 Å². The molecule has 3 N–H and O–H groups in total. The minimum atomic E-state index is 0.224. The van der Waals surface area contributed by atoms with Crippen molar-refractivity contribution in [3.05, 3.63) is 17.3 Å². The zero-order valence-corrected chi connectivity index (χ0v) is 7.00. The molecule has 0 unspecified atom stereocenters. The Morgan fingerprint density at radius 2 is 2.38 bits per heavy atom. The summed E-state index contributed by atoms with van der Waals surface area (Å²) in [5.74, 6) is 0.224. The number of anilines is 1. The molecule has 0 aromatic carbocycles. The number of fused-ring (bicyclic) bond motifs is 1. The Morgan fingerprint density at radius 3 is 3.08 bits per heavy atom. The summed E-state index contributed by atoms with van der Waals surface area (Å²) in [6.45, 7) is 1.87. The van der Waals surface area contributed by atoms with Crippen molar-refractivity contribution >= 4 is 16.9 Å². The number of nitrogens with zero attached hydrogens (tertiary/aromatic N) is 3. The van der Waals surface area contributed by atoms with Gasteiger partial charge in [0.1, 0.15) is 11.9 Å². The van der Waals surface area contributed by atoms with Gasteiger partial charge in [0.25, 0.3) is 0 Å². The van der Waals surface area contributed by atoms with Gasteiger partial charge in [0.05, 0.1) is 5.56 Å². The summed E-state index contributed by atoms with van der Waals surface area (Å²) in [6.07, 6.45) is 0. The lowest BCUT2D eigenvalue weighted by Gasteiger charge is -1.95. The van der Waals surface area contributed by atoms with Gasteiger partial charge in [0.15, 0.2) is 5.65 Å². The van der Waals surface area contributed by atoms with Crippen LogP contribution in [0.3, 0.4) is 0 Å². The molecule has 0 saturated carbocycles. The van der Waals surface area contributed by atoms with E-state index in [2.05, 4.69) is 15.2 Å². The van der Waals surface area contributed by atoms with Gasteiger partial charge in [-0.15, -0.1) is 0 Å². The van der Waals surface area contributed by atoms with E-state index in [1.807, 2.05) is 13.0 Å². The summed E-state index contributed by atoms with van der Waals surface area (Å²) in [4.78, 5) is 3.98. The number of nitrogen functional groups attached to an aromatic ring is 1. The third kappa shape index (κ3) is 0.999. The molecule has 2 aromatic rings. The van der Waals surface area contributed by atoms with Crippen LogP contribution in [-0.2, 0) is 0 Å². The van der Waals surface area contributed by atoms with E-state index in [1.54, 1.807) is 6.07 Å². The molecule has 0 aliphatic heterocycles. The Kier molecular flexibility index (Phi) is 1.43. The van der Waals surface area contributed by atoms with Crippen molar-refractivity contribution in [2.75, 3.05) is 5.73 Å². The summed E-state index contributed by atoms with van der Waals surface area (Å²) in [7, 11) is 0. The second-order valence-corrected chi connectivity index (χ2v) is 2.75. The van der Waals surface area contributed by atoms with Gasteiger partial charge in [-0.3, -0.25) is 5.10 Å². The fraction of sp³-hybridized carbons (Fsp3) is 0.125. The molecular weight excluding hydrogens is 166 g/mol. The number of aromatic amines is 1. The molecular formula is C8H7N5. The number of hydrogen-bond donors (Lipinski definition) is 2. The van der Waals surface area contributed by atoms with E-state index in [0.29, 0.717) is 11.2 Å². The van der Waals surface area contributed by atoms with E-state index in [9.17, 15) is 0 Å². The first-order valence-electron chi connectivity index (χ1n) is 3.73. The summed E-state index contributed by atoms with van der Waals surface area (Å²) in [5, 5.41) is 16.3. The molecule has 0 spiro atoms. The van der Waals surface area contributed by atoms with Crippen LogP contribution in [0.25, 0.3) is 11.0 Å². The molecule has 64 valence electrons. The highest BCUT2D eigenvalue weighted by atomic mass is 15.2. The van der Waals surface area contributed by atoms with Crippen molar-refractivity contribution in [2.45, 2.75) is 6.92 Å². The summed E-state index contributed by atoms with van der Waals surface area (Å²) in [6, 6.07) is 3.67. The van der Waals surface area contributed by atoms with E-state index in [-0.39, 0.29) is 5.82 Å². The maximum atomic E-state index is 8.71. The van der Waals surface area contributed by atoms with Gasteiger partial charge in [-0.2, -0.15) is 10.4 Å². The molecule has 0 fully saturated rings. The molecule has 0 aliphatic carbocycles. The molecule has 0 radical (unpaired) electrons. The van der Waals surface area contributed by atoms with Crippen LogP contribution in [-0.4, -0.2) is 15.2 Å². The van der Waals surface area contributed by atoms with Gasteiger partial charge in [0.2, 0.25) is 0 Å². The van der Waals surface area contributed by atoms with Gasteiger partial charge in [-0.25, -0.2) is 4.98 Å². The monoisotopic (exact) mass is 173 g/mol. The number of aryl methyl sites for hydroxylation is 1. The number of hydrogen-bond acceptors (Lipinski definition) is 4. The second kappa shape index (κ2) is 2.45. The number of pyridine rings is 1. The molecule has 2 aromatic heterocycles. The third-order valence-electron chi connectivity index (χ3n) is 1.89. The first-order chi connectivity index (χ1) is 6.22. The van der Waals surface area contributed by atoms with E-state index in [4.69, 9.17) is 11.0 Å². The van der Waals surface area contributed by atoms with Crippen molar-refractivity contribution < 1.29 is 0 Å². The Labute approximate surface area is 74.2 Å². The lowest BCUT2D eigenvalue weighted by Crippen LogP contribution is -1.94. The first kappa shape index (κ1) is 7.55. The smallest absolute Gasteiger partial charge is 0.183 e. The van der Waals surface area contributed by atoms with Crippen LogP contribution in [0.4, 0.5) is 5.82 Å². The first-order valence-corrected chi connectivity index (χ1v) is 3.73. The predicted octanol–water partition coefficient (Wildman–Crippen LogP) is 0.720. The Bertz CT molecular complexity index is 505. The molecule has 2 rings (SSSR count). The predicted molar refractivity (Wildman–Crippen MR) is 47.8 cm³/mol. The van der Waals surface area contributed by atoms with Crippen LogP contribution in [0, 0.1) is 18.3 Å². The van der Waals surface area contributed by atoms with Crippen molar-refractivity contribution in [3.8, 4) is 6.07 Å². The second-order valence-electron chi connectivity index (χ2n) is 2.75. The Morgan fingerprint density at radius 1 is 1.62 bits per heavy atom. The number of nitriles is 1. The zero-order chi connectivity index (χ0) is 9.42. The minimum absolute atomic E-state index is 0.224. The minimum Gasteiger partial charge on any atom is -0.383 e. The van der Waals surface area contributed by atoms with Crippen molar-refractivity contribution in [1.29, 1.82) is 5.26 Å². The maximum Gasteiger partial charge on any atom is 0.183 e. The fourth-order valence-electron chi connectivity index (χ4n) is 1.17. The van der Waals surface area contributed by atoms with Crippen LogP contribution in [0.2, 0.25) is 0 Å². The Hall–Kier alpha value is -2.09. The van der Waals surface area contributed by atoms with Gasteiger partial charge >= 0.3 is 0 Å². The molecule has 0 atom stereocenters. The van der Waals surface area contributed by atoms with Crippen molar-refractivity contribution in [3.63, 3.8) is 0 Å². The largest absolute Gasteiger partial charge is 0.383 e. The highest BCUT2D eigenvalue weighted by Crippen LogP contribution is 2.18. The van der Waals surface area contributed by atoms with Gasteiger partial charge in [-0.1, -0.05) is 0 Å². The van der Waals surface area contributed by atoms with Crippen LogP contribution in [0.15, 0.2) is 6.07 Å². The SMILES string of the molecule is Cc1[nH]nc2nc(N)c(C#N)cc12. The number of rotatable bonds is 0. The van der Waals surface area contributed by atoms with Crippen LogP contribution < -0.4 is 5.73 Å². The maximum absolute atomic E-state index is 8.71.